The quantitative estimate of drug-likeness (QED) is 0.741. The van der Waals surface area contributed by atoms with Crippen LogP contribution in [0.15, 0.2) is 47.4 Å². The van der Waals surface area contributed by atoms with Crippen LogP contribution in [0.1, 0.15) is 11.1 Å². The Labute approximate surface area is 130 Å². The van der Waals surface area contributed by atoms with Gasteiger partial charge in [0.2, 0.25) is 10.0 Å². The van der Waals surface area contributed by atoms with Crippen molar-refractivity contribution in [1.82, 2.24) is 0 Å². The molecule has 0 atom stereocenters. The highest BCUT2D eigenvalue weighted by molar-refractivity contribution is 7.89. The average Bonchev–Trinajstić information content (AvgIpc) is 2.48. The van der Waals surface area contributed by atoms with E-state index in [1.807, 2.05) is 6.07 Å². The molecule has 0 spiro atoms. The molecule has 0 unspecified atom stereocenters. The monoisotopic (exact) mass is 321 g/mol. The number of rotatable bonds is 6. The molecular weight excluding hydrogens is 302 g/mol. The summed E-state index contributed by atoms with van der Waals surface area (Å²) in [5.74, 6) is 0. The molecule has 6 heteroatoms. The Morgan fingerprint density at radius 1 is 0.864 bits per heavy atom. The van der Waals surface area contributed by atoms with Gasteiger partial charge in [-0.15, -0.1) is 0 Å². The fourth-order valence-electron chi connectivity index (χ4n) is 2.59. The average molecular weight is 321 g/mol. The van der Waals surface area contributed by atoms with Gasteiger partial charge in [-0.1, -0.05) is 36.4 Å². The summed E-state index contributed by atoms with van der Waals surface area (Å²) in [5, 5.41) is 23.8. The molecule has 0 saturated carbocycles. The fraction of sp³-hybridized carbons (Fsp3) is 0.250. The first-order valence-electron chi connectivity index (χ1n) is 6.93. The van der Waals surface area contributed by atoms with Crippen LogP contribution < -0.4 is 5.14 Å². The van der Waals surface area contributed by atoms with Crippen LogP contribution in [0.25, 0.3) is 11.1 Å². The minimum absolute atomic E-state index is 0.0152. The molecule has 0 fully saturated rings. The lowest BCUT2D eigenvalue weighted by molar-refractivity contribution is 0.293. The van der Waals surface area contributed by atoms with Crippen LogP contribution >= 0.6 is 0 Å². The molecule has 2 aromatic rings. The van der Waals surface area contributed by atoms with Crippen LogP contribution in [-0.4, -0.2) is 31.8 Å². The third kappa shape index (κ3) is 3.53. The Morgan fingerprint density at radius 3 is 2.14 bits per heavy atom. The Balaban J connectivity index is 2.70. The van der Waals surface area contributed by atoms with E-state index < -0.39 is 10.0 Å². The van der Waals surface area contributed by atoms with E-state index in [0.29, 0.717) is 24.0 Å². The topological polar surface area (TPSA) is 101 Å². The zero-order valence-electron chi connectivity index (χ0n) is 12.1. The van der Waals surface area contributed by atoms with Crippen LogP contribution in [0, 0.1) is 0 Å². The van der Waals surface area contributed by atoms with Crippen molar-refractivity contribution in [2.24, 2.45) is 5.14 Å². The van der Waals surface area contributed by atoms with E-state index in [1.165, 1.54) is 6.07 Å². The standard InChI is InChI=1S/C16H19NO4S/c17-22(20,21)16-7-2-1-5-15(16)14-6-3-4-12(8-10-18)13(14)9-11-19/h1-7,18-19H,8-11H2,(H2,17,20,21). The van der Waals surface area contributed by atoms with Gasteiger partial charge in [0.1, 0.15) is 0 Å². The molecule has 0 aliphatic carbocycles. The maximum Gasteiger partial charge on any atom is 0.238 e. The van der Waals surface area contributed by atoms with E-state index in [4.69, 9.17) is 5.14 Å². The predicted octanol–water partition coefficient (Wildman–Crippen LogP) is 1.07. The highest BCUT2D eigenvalue weighted by Gasteiger charge is 2.18. The van der Waals surface area contributed by atoms with Gasteiger partial charge in [-0.25, -0.2) is 13.6 Å². The first-order chi connectivity index (χ1) is 10.5. The summed E-state index contributed by atoms with van der Waals surface area (Å²) >= 11 is 0. The minimum atomic E-state index is -3.85. The van der Waals surface area contributed by atoms with Crippen molar-refractivity contribution in [3.8, 4) is 11.1 Å². The van der Waals surface area contributed by atoms with E-state index in [2.05, 4.69) is 0 Å². The highest BCUT2D eigenvalue weighted by Crippen LogP contribution is 2.31. The number of hydrogen-bond acceptors (Lipinski definition) is 4. The zero-order valence-corrected chi connectivity index (χ0v) is 12.9. The van der Waals surface area contributed by atoms with Gasteiger partial charge in [0, 0.05) is 18.8 Å². The second-order valence-corrected chi connectivity index (χ2v) is 6.46. The predicted molar refractivity (Wildman–Crippen MR) is 84.8 cm³/mol. The summed E-state index contributed by atoms with van der Waals surface area (Å²) in [5.41, 5.74) is 2.94. The van der Waals surface area contributed by atoms with Crippen molar-refractivity contribution < 1.29 is 18.6 Å². The van der Waals surface area contributed by atoms with Crippen LogP contribution in [0.3, 0.4) is 0 Å². The van der Waals surface area contributed by atoms with Gasteiger partial charge < -0.3 is 10.2 Å². The minimum Gasteiger partial charge on any atom is -0.396 e. The van der Waals surface area contributed by atoms with E-state index >= 15 is 0 Å². The number of nitrogens with two attached hydrogens (primary N) is 1. The van der Waals surface area contributed by atoms with Crippen LogP contribution in [0.5, 0.6) is 0 Å². The first kappa shape index (κ1) is 16.6. The van der Waals surface area contributed by atoms with E-state index in [0.717, 1.165) is 11.1 Å². The normalized spacial score (nSPS) is 11.6. The van der Waals surface area contributed by atoms with Gasteiger partial charge in [-0.05, 0) is 35.6 Å². The summed E-state index contributed by atoms with van der Waals surface area (Å²) < 4.78 is 23.6. The Kier molecular flexibility index (Phi) is 5.31. The molecule has 0 aliphatic heterocycles. The van der Waals surface area contributed by atoms with Crippen LogP contribution in [-0.2, 0) is 22.9 Å². The third-order valence-corrected chi connectivity index (χ3v) is 4.47. The number of aliphatic hydroxyl groups excluding tert-OH is 2. The molecule has 5 nitrogen and oxygen atoms in total. The number of aliphatic hydroxyl groups is 2. The van der Waals surface area contributed by atoms with Crippen molar-refractivity contribution in [2.45, 2.75) is 17.7 Å². The molecule has 0 radical (unpaired) electrons. The van der Waals surface area contributed by atoms with E-state index in [9.17, 15) is 18.6 Å². The second kappa shape index (κ2) is 7.02. The van der Waals surface area contributed by atoms with Crippen molar-refractivity contribution in [3.63, 3.8) is 0 Å². The van der Waals surface area contributed by atoms with E-state index in [-0.39, 0.29) is 18.1 Å². The lowest BCUT2D eigenvalue weighted by Gasteiger charge is -2.16. The molecule has 2 rings (SSSR count). The van der Waals surface area contributed by atoms with Crippen LogP contribution in [0.4, 0.5) is 0 Å². The van der Waals surface area contributed by atoms with Crippen molar-refractivity contribution >= 4 is 10.0 Å². The smallest absolute Gasteiger partial charge is 0.238 e. The van der Waals surface area contributed by atoms with Crippen molar-refractivity contribution in [3.05, 3.63) is 53.6 Å². The first-order valence-corrected chi connectivity index (χ1v) is 8.48. The molecule has 4 N–H and O–H groups in total. The SMILES string of the molecule is NS(=O)(=O)c1ccccc1-c1cccc(CCO)c1CCO. The third-order valence-electron chi connectivity index (χ3n) is 3.50. The van der Waals surface area contributed by atoms with Gasteiger partial charge in [0.15, 0.2) is 0 Å². The fourth-order valence-corrected chi connectivity index (χ4v) is 3.34. The maximum absolute atomic E-state index is 11.8. The molecule has 0 aromatic heterocycles. The Bertz CT molecular complexity index is 756. The molecule has 0 aliphatic rings. The number of sulfonamides is 1. The molecule has 0 amide bonds. The molecule has 2 aromatic carbocycles. The zero-order chi connectivity index (χ0) is 16.2. The molecule has 22 heavy (non-hydrogen) atoms. The molecule has 0 saturated heterocycles. The molecule has 118 valence electrons. The molecular formula is C16H19NO4S. The van der Waals surface area contributed by atoms with Crippen molar-refractivity contribution in [2.75, 3.05) is 13.2 Å². The van der Waals surface area contributed by atoms with E-state index in [1.54, 1.807) is 30.3 Å². The number of primary sulfonamides is 1. The van der Waals surface area contributed by atoms with Gasteiger partial charge in [-0.3, -0.25) is 0 Å². The van der Waals surface area contributed by atoms with Gasteiger partial charge in [-0.2, -0.15) is 0 Å². The Hall–Kier alpha value is -1.73. The van der Waals surface area contributed by atoms with Gasteiger partial charge in [0.05, 0.1) is 4.90 Å². The lowest BCUT2D eigenvalue weighted by Crippen LogP contribution is -2.14. The van der Waals surface area contributed by atoms with Gasteiger partial charge in [0.25, 0.3) is 0 Å². The lowest BCUT2D eigenvalue weighted by atomic mass is 9.92. The van der Waals surface area contributed by atoms with Crippen molar-refractivity contribution in [1.29, 1.82) is 0 Å². The summed E-state index contributed by atoms with van der Waals surface area (Å²) in [7, 11) is -3.85. The molecule has 0 bridgehead atoms. The summed E-state index contributed by atoms with van der Waals surface area (Å²) in [4.78, 5) is 0.0512. The summed E-state index contributed by atoms with van der Waals surface area (Å²) in [6.07, 6.45) is 0.825. The van der Waals surface area contributed by atoms with Gasteiger partial charge >= 0.3 is 0 Å². The number of benzene rings is 2. The second-order valence-electron chi connectivity index (χ2n) is 4.93. The highest BCUT2D eigenvalue weighted by atomic mass is 32.2. The van der Waals surface area contributed by atoms with Crippen LogP contribution in [0.2, 0.25) is 0 Å². The summed E-state index contributed by atoms with van der Waals surface area (Å²) in [6, 6.07) is 12.0. The number of hydrogen-bond donors (Lipinski definition) is 3. The largest absolute Gasteiger partial charge is 0.396 e. The molecule has 0 heterocycles. The maximum atomic E-state index is 11.8. The summed E-state index contributed by atoms with van der Waals surface area (Å²) in [6.45, 7) is -0.0777. The Morgan fingerprint density at radius 2 is 1.50 bits per heavy atom.